The fourth-order valence-electron chi connectivity index (χ4n) is 3.35. The second-order valence-corrected chi connectivity index (χ2v) is 7.84. The van der Waals surface area contributed by atoms with Gasteiger partial charge in [-0.05, 0) is 49.1 Å². The Hall–Kier alpha value is -2.74. The largest absolute Gasteiger partial charge is 0.426 e. The highest BCUT2D eigenvalue weighted by Gasteiger charge is 2.25. The van der Waals surface area contributed by atoms with Gasteiger partial charge < -0.3 is 4.74 Å². The molecule has 2 rings (SSSR count). The molecular weight excluding hydrogens is 374 g/mol. The standard InChI is InChI=1S/C25H33N3O2/c1-4-6-7-8-9-11-20-17-27-24(28-18-20)21-12-14-23(15-13-21)30-25(29)19(3)22(16-26)10-5-2/h12-15,17-19,22H,4-11H2,1-3H3. The first-order valence-electron chi connectivity index (χ1n) is 11.1. The van der Waals surface area contributed by atoms with Gasteiger partial charge in [-0.25, -0.2) is 9.97 Å². The van der Waals surface area contributed by atoms with Crippen LogP contribution in [-0.4, -0.2) is 15.9 Å². The summed E-state index contributed by atoms with van der Waals surface area (Å²) in [4.78, 5) is 21.3. The highest BCUT2D eigenvalue weighted by Crippen LogP contribution is 2.23. The van der Waals surface area contributed by atoms with E-state index >= 15 is 0 Å². The molecule has 160 valence electrons. The van der Waals surface area contributed by atoms with Crippen molar-refractivity contribution in [1.29, 1.82) is 5.26 Å². The third-order valence-corrected chi connectivity index (χ3v) is 5.35. The number of aryl methyl sites for hydroxylation is 1. The van der Waals surface area contributed by atoms with E-state index in [-0.39, 0.29) is 11.9 Å². The molecule has 2 aromatic rings. The van der Waals surface area contributed by atoms with Crippen molar-refractivity contribution in [3.8, 4) is 23.2 Å². The van der Waals surface area contributed by atoms with Gasteiger partial charge in [-0.3, -0.25) is 4.79 Å². The van der Waals surface area contributed by atoms with E-state index in [1.807, 2.05) is 31.5 Å². The molecule has 0 saturated carbocycles. The van der Waals surface area contributed by atoms with Crippen molar-refractivity contribution in [1.82, 2.24) is 9.97 Å². The number of benzene rings is 1. The molecule has 1 aromatic heterocycles. The molecule has 30 heavy (non-hydrogen) atoms. The smallest absolute Gasteiger partial charge is 0.315 e. The Morgan fingerprint density at radius 2 is 1.70 bits per heavy atom. The Kier molecular flexibility index (Phi) is 10.00. The molecule has 2 unspecified atom stereocenters. The quantitative estimate of drug-likeness (QED) is 0.240. The Balaban J connectivity index is 1.90. The predicted molar refractivity (Wildman–Crippen MR) is 119 cm³/mol. The van der Waals surface area contributed by atoms with Gasteiger partial charge in [0.1, 0.15) is 5.75 Å². The summed E-state index contributed by atoms with van der Waals surface area (Å²) in [6, 6.07) is 9.39. The van der Waals surface area contributed by atoms with Crippen molar-refractivity contribution in [2.45, 2.75) is 72.1 Å². The Bertz CT molecular complexity index is 810. The number of ether oxygens (including phenoxy) is 1. The van der Waals surface area contributed by atoms with Gasteiger partial charge in [0.25, 0.3) is 0 Å². The van der Waals surface area contributed by atoms with E-state index in [1.165, 1.54) is 32.1 Å². The summed E-state index contributed by atoms with van der Waals surface area (Å²) in [5.74, 6) is -0.0222. The summed E-state index contributed by atoms with van der Waals surface area (Å²) in [6.45, 7) is 5.98. The molecule has 0 fully saturated rings. The first-order chi connectivity index (χ1) is 14.6. The SMILES string of the molecule is CCCCCCCc1cnc(-c2ccc(OC(=O)C(C)C(C#N)CCC)cc2)nc1. The zero-order valence-electron chi connectivity index (χ0n) is 18.4. The second kappa shape index (κ2) is 12.7. The van der Waals surface area contributed by atoms with Crippen molar-refractivity contribution in [2.75, 3.05) is 0 Å². The summed E-state index contributed by atoms with van der Waals surface area (Å²) in [5.41, 5.74) is 2.03. The van der Waals surface area contributed by atoms with Gasteiger partial charge in [-0.1, -0.05) is 52.9 Å². The number of rotatable bonds is 12. The molecule has 0 radical (unpaired) electrons. The van der Waals surface area contributed by atoms with E-state index in [9.17, 15) is 10.1 Å². The van der Waals surface area contributed by atoms with Crippen molar-refractivity contribution < 1.29 is 9.53 Å². The molecule has 0 amide bonds. The third kappa shape index (κ3) is 7.26. The first kappa shape index (κ1) is 23.5. The Morgan fingerprint density at radius 3 is 2.30 bits per heavy atom. The Morgan fingerprint density at radius 1 is 1.03 bits per heavy atom. The molecule has 1 aromatic carbocycles. The lowest BCUT2D eigenvalue weighted by Crippen LogP contribution is -2.24. The molecule has 0 aliphatic carbocycles. The van der Waals surface area contributed by atoms with Crippen LogP contribution in [0.5, 0.6) is 5.75 Å². The minimum absolute atomic E-state index is 0.319. The van der Waals surface area contributed by atoms with Crippen LogP contribution in [0.4, 0.5) is 0 Å². The van der Waals surface area contributed by atoms with Gasteiger partial charge in [-0.15, -0.1) is 0 Å². The topological polar surface area (TPSA) is 75.9 Å². The van der Waals surface area contributed by atoms with Crippen molar-refractivity contribution in [2.24, 2.45) is 11.8 Å². The van der Waals surface area contributed by atoms with Gasteiger partial charge in [-0.2, -0.15) is 5.26 Å². The molecule has 0 spiro atoms. The fraction of sp³-hybridized carbons (Fsp3) is 0.520. The number of aromatic nitrogens is 2. The van der Waals surface area contributed by atoms with Crippen LogP contribution in [0.25, 0.3) is 11.4 Å². The van der Waals surface area contributed by atoms with Gasteiger partial charge in [0.2, 0.25) is 0 Å². The average Bonchev–Trinajstić information content (AvgIpc) is 2.78. The van der Waals surface area contributed by atoms with Crippen LogP contribution in [0.1, 0.15) is 71.3 Å². The number of carbonyl (C=O) groups is 1. The van der Waals surface area contributed by atoms with Gasteiger partial charge in [0.05, 0.1) is 17.9 Å². The summed E-state index contributed by atoms with van der Waals surface area (Å²) in [5, 5.41) is 9.23. The maximum Gasteiger partial charge on any atom is 0.315 e. The van der Waals surface area contributed by atoms with Crippen molar-refractivity contribution >= 4 is 5.97 Å². The van der Waals surface area contributed by atoms with Crippen LogP contribution in [0, 0.1) is 23.2 Å². The predicted octanol–water partition coefficient (Wildman–Crippen LogP) is 6.14. The van der Waals surface area contributed by atoms with E-state index in [0.29, 0.717) is 18.0 Å². The van der Waals surface area contributed by atoms with E-state index in [0.717, 1.165) is 24.0 Å². The van der Waals surface area contributed by atoms with Crippen LogP contribution in [0.15, 0.2) is 36.7 Å². The van der Waals surface area contributed by atoms with E-state index in [1.54, 1.807) is 19.1 Å². The van der Waals surface area contributed by atoms with Crippen LogP contribution < -0.4 is 4.74 Å². The molecule has 0 N–H and O–H groups in total. The highest BCUT2D eigenvalue weighted by molar-refractivity contribution is 5.75. The van der Waals surface area contributed by atoms with Crippen molar-refractivity contribution in [3.05, 3.63) is 42.2 Å². The van der Waals surface area contributed by atoms with Gasteiger partial charge in [0.15, 0.2) is 5.82 Å². The molecule has 0 saturated heterocycles. The van der Waals surface area contributed by atoms with Crippen LogP contribution in [-0.2, 0) is 11.2 Å². The second-order valence-electron chi connectivity index (χ2n) is 7.84. The van der Waals surface area contributed by atoms with Crippen LogP contribution in [0.2, 0.25) is 0 Å². The number of nitrogens with zero attached hydrogens (tertiary/aromatic N) is 3. The molecule has 5 heteroatoms. The minimum atomic E-state index is -0.451. The van der Waals surface area contributed by atoms with E-state index < -0.39 is 5.92 Å². The fourth-order valence-corrected chi connectivity index (χ4v) is 3.35. The molecule has 0 aliphatic rings. The minimum Gasteiger partial charge on any atom is -0.426 e. The number of carbonyl (C=O) groups excluding carboxylic acids is 1. The first-order valence-corrected chi connectivity index (χ1v) is 11.1. The monoisotopic (exact) mass is 407 g/mol. The molecule has 2 atom stereocenters. The summed E-state index contributed by atoms with van der Waals surface area (Å²) in [7, 11) is 0. The van der Waals surface area contributed by atoms with E-state index in [2.05, 4.69) is 23.0 Å². The summed E-state index contributed by atoms with van der Waals surface area (Å²) < 4.78 is 5.46. The van der Waals surface area contributed by atoms with Gasteiger partial charge in [0, 0.05) is 18.0 Å². The Labute approximate surface area is 180 Å². The number of hydrogen-bond acceptors (Lipinski definition) is 5. The average molecular weight is 408 g/mol. The zero-order chi connectivity index (χ0) is 21.8. The number of hydrogen-bond donors (Lipinski definition) is 0. The lowest BCUT2D eigenvalue weighted by Gasteiger charge is -2.15. The maximum absolute atomic E-state index is 12.3. The lowest BCUT2D eigenvalue weighted by molar-refractivity contribution is -0.139. The molecule has 1 heterocycles. The maximum atomic E-state index is 12.3. The molecule has 0 aliphatic heterocycles. The zero-order valence-corrected chi connectivity index (χ0v) is 18.4. The van der Waals surface area contributed by atoms with Crippen molar-refractivity contribution in [3.63, 3.8) is 0 Å². The molecule has 5 nitrogen and oxygen atoms in total. The third-order valence-electron chi connectivity index (χ3n) is 5.35. The lowest BCUT2D eigenvalue weighted by atomic mass is 9.91. The molecular formula is C25H33N3O2. The van der Waals surface area contributed by atoms with Crippen LogP contribution in [0.3, 0.4) is 0 Å². The summed E-state index contributed by atoms with van der Waals surface area (Å²) in [6.07, 6.45) is 12.6. The van der Waals surface area contributed by atoms with Gasteiger partial charge >= 0.3 is 5.97 Å². The summed E-state index contributed by atoms with van der Waals surface area (Å²) >= 11 is 0. The number of unbranched alkanes of at least 4 members (excludes halogenated alkanes) is 4. The van der Waals surface area contributed by atoms with E-state index in [4.69, 9.17) is 4.74 Å². The highest BCUT2D eigenvalue weighted by atomic mass is 16.5. The van der Waals surface area contributed by atoms with Crippen LogP contribution >= 0.6 is 0 Å². The normalized spacial score (nSPS) is 12.7. The number of nitriles is 1. The molecule has 0 bridgehead atoms. The number of esters is 1.